The number of methoxy groups -OCH3 is 1. The van der Waals surface area contributed by atoms with Gasteiger partial charge in [-0.2, -0.15) is 0 Å². The second-order valence-corrected chi connectivity index (χ2v) is 4.31. The van der Waals surface area contributed by atoms with Gasteiger partial charge in [0.25, 0.3) is 0 Å². The van der Waals surface area contributed by atoms with Crippen LogP contribution in [0.2, 0.25) is 0 Å². The van der Waals surface area contributed by atoms with Gasteiger partial charge in [-0.25, -0.2) is 8.78 Å². The molecule has 0 radical (unpaired) electrons. The second kappa shape index (κ2) is 5.28. The first-order valence-electron chi connectivity index (χ1n) is 5.89. The van der Waals surface area contributed by atoms with Gasteiger partial charge in [-0.05, 0) is 30.7 Å². The zero-order chi connectivity index (χ0) is 14.9. The van der Waals surface area contributed by atoms with E-state index >= 15 is 0 Å². The fourth-order valence-corrected chi connectivity index (χ4v) is 1.89. The summed E-state index contributed by atoms with van der Waals surface area (Å²) in [6.45, 7) is 1.42. The van der Waals surface area contributed by atoms with Crippen molar-refractivity contribution < 1.29 is 18.3 Å². The number of ether oxygens (including phenoxy) is 1. The first kappa shape index (κ1) is 14.0. The summed E-state index contributed by atoms with van der Waals surface area (Å²) in [5.74, 6) is -2.57. The number of benzene rings is 2. The third kappa shape index (κ3) is 2.22. The molecule has 0 saturated carbocycles. The third-order valence-electron chi connectivity index (χ3n) is 3.05. The first-order valence-corrected chi connectivity index (χ1v) is 5.89. The number of nitrogen functional groups attached to an aromatic ring is 1. The number of halogens is 2. The smallest absolute Gasteiger partial charge is 0.198 e. The molecule has 0 aliphatic rings. The molecule has 104 valence electrons. The minimum atomic E-state index is -1.17. The van der Waals surface area contributed by atoms with Crippen LogP contribution in [0.1, 0.15) is 21.5 Å². The number of hydrogen-bond acceptors (Lipinski definition) is 3. The van der Waals surface area contributed by atoms with Crippen LogP contribution in [0.5, 0.6) is 5.75 Å². The van der Waals surface area contributed by atoms with Crippen molar-refractivity contribution in [2.75, 3.05) is 12.8 Å². The summed E-state index contributed by atoms with van der Waals surface area (Å²) in [6.07, 6.45) is 0. The van der Waals surface area contributed by atoms with Crippen molar-refractivity contribution in [3.63, 3.8) is 0 Å². The molecule has 5 heteroatoms. The second-order valence-electron chi connectivity index (χ2n) is 4.31. The molecule has 2 N–H and O–H groups in total. The standard InChI is InChI=1S/C15H13F2NO2/c1-8-6-7-9(13(17)12(8)16)15(19)10-4-3-5-11(20-2)14(10)18/h3-7H,18H2,1-2H3. The van der Waals surface area contributed by atoms with Crippen molar-refractivity contribution in [3.05, 3.63) is 58.7 Å². The van der Waals surface area contributed by atoms with E-state index in [0.29, 0.717) is 5.75 Å². The number of hydrogen-bond donors (Lipinski definition) is 1. The number of aryl methyl sites for hydroxylation is 1. The Bertz CT molecular complexity index is 684. The summed E-state index contributed by atoms with van der Waals surface area (Å²) in [5, 5.41) is 0. The van der Waals surface area contributed by atoms with Gasteiger partial charge in [0, 0.05) is 5.56 Å². The van der Waals surface area contributed by atoms with E-state index in [-0.39, 0.29) is 22.4 Å². The van der Waals surface area contributed by atoms with Crippen molar-refractivity contribution >= 4 is 11.5 Å². The van der Waals surface area contributed by atoms with E-state index in [4.69, 9.17) is 10.5 Å². The van der Waals surface area contributed by atoms with Gasteiger partial charge in [-0.1, -0.05) is 12.1 Å². The number of anilines is 1. The van der Waals surface area contributed by atoms with Gasteiger partial charge in [-0.15, -0.1) is 0 Å². The minimum absolute atomic E-state index is 0.0755. The maximum Gasteiger partial charge on any atom is 0.198 e. The maximum absolute atomic E-state index is 13.8. The minimum Gasteiger partial charge on any atom is -0.495 e. The molecule has 0 saturated heterocycles. The molecule has 0 aliphatic carbocycles. The van der Waals surface area contributed by atoms with Crippen molar-refractivity contribution in [3.8, 4) is 5.75 Å². The molecular weight excluding hydrogens is 264 g/mol. The Morgan fingerprint density at radius 3 is 2.45 bits per heavy atom. The van der Waals surface area contributed by atoms with Gasteiger partial charge in [0.15, 0.2) is 17.4 Å². The predicted octanol–water partition coefficient (Wildman–Crippen LogP) is 3.10. The summed E-state index contributed by atoms with van der Waals surface area (Å²) >= 11 is 0. The normalized spacial score (nSPS) is 10.4. The van der Waals surface area contributed by atoms with Crippen LogP contribution >= 0.6 is 0 Å². The lowest BCUT2D eigenvalue weighted by Gasteiger charge is -2.10. The molecule has 0 fully saturated rings. The molecule has 2 aromatic carbocycles. The molecule has 3 nitrogen and oxygen atoms in total. The Labute approximate surface area is 115 Å². The number of carbonyl (C=O) groups excluding carboxylic acids is 1. The van der Waals surface area contributed by atoms with E-state index in [1.54, 1.807) is 12.1 Å². The highest BCUT2D eigenvalue weighted by atomic mass is 19.2. The van der Waals surface area contributed by atoms with Crippen LogP contribution in [0.4, 0.5) is 14.5 Å². The topological polar surface area (TPSA) is 52.3 Å². The van der Waals surface area contributed by atoms with E-state index in [9.17, 15) is 13.6 Å². The molecule has 2 rings (SSSR count). The van der Waals surface area contributed by atoms with Crippen LogP contribution in [-0.4, -0.2) is 12.9 Å². The van der Waals surface area contributed by atoms with Crippen molar-refractivity contribution in [1.82, 2.24) is 0 Å². The van der Waals surface area contributed by atoms with Crippen molar-refractivity contribution in [1.29, 1.82) is 0 Å². The molecule has 0 aromatic heterocycles. The molecule has 2 aromatic rings. The zero-order valence-electron chi connectivity index (χ0n) is 11.0. The van der Waals surface area contributed by atoms with E-state index in [1.807, 2.05) is 0 Å². The fraction of sp³-hybridized carbons (Fsp3) is 0.133. The lowest BCUT2D eigenvalue weighted by molar-refractivity contribution is 0.103. The molecule has 0 heterocycles. The van der Waals surface area contributed by atoms with Gasteiger partial charge in [-0.3, -0.25) is 4.79 Å². The third-order valence-corrected chi connectivity index (χ3v) is 3.05. The van der Waals surface area contributed by atoms with Crippen molar-refractivity contribution in [2.24, 2.45) is 0 Å². The summed E-state index contributed by atoms with van der Waals surface area (Å²) in [5.41, 5.74) is 5.74. The lowest BCUT2D eigenvalue weighted by Crippen LogP contribution is -2.10. The SMILES string of the molecule is COc1cccc(C(=O)c2ccc(C)c(F)c2F)c1N. The number of ketones is 1. The predicted molar refractivity (Wildman–Crippen MR) is 71.9 cm³/mol. The highest BCUT2D eigenvalue weighted by molar-refractivity contribution is 6.12. The summed E-state index contributed by atoms with van der Waals surface area (Å²) in [7, 11) is 1.41. The zero-order valence-corrected chi connectivity index (χ0v) is 11.0. The Balaban J connectivity index is 2.55. The largest absolute Gasteiger partial charge is 0.495 e. The van der Waals surface area contributed by atoms with Crippen LogP contribution in [0.3, 0.4) is 0 Å². The summed E-state index contributed by atoms with van der Waals surface area (Å²) < 4.78 is 32.4. The highest BCUT2D eigenvalue weighted by Gasteiger charge is 2.21. The Hall–Kier alpha value is -2.43. The van der Waals surface area contributed by atoms with E-state index in [1.165, 1.54) is 32.2 Å². The Kier molecular flexibility index (Phi) is 3.70. The van der Waals surface area contributed by atoms with E-state index < -0.39 is 17.4 Å². The first-order chi connectivity index (χ1) is 9.47. The van der Waals surface area contributed by atoms with E-state index in [0.717, 1.165) is 0 Å². The van der Waals surface area contributed by atoms with Gasteiger partial charge in [0.05, 0.1) is 18.4 Å². The average Bonchev–Trinajstić information content (AvgIpc) is 2.44. The molecule has 0 amide bonds. The van der Waals surface area contributed by atoms with Crippen LogP contribution < -0.4 is 10.5 Å². The highest BCUT2D eigenvalue weighted by Crippen LogP contribution is 2.28. The molecule has 0 spiro atoms. The number of nitrogens with two attached hydrogens (primary N) is 1. The van der Waals surface area contributed by atoms with Gasteiger partial charge < -0.3 is 10.5 Å². The molecule has 20 heavy (non-hydrogen) atoms. The number of carbonyl (C=O) groups is 1. The average molecular weight is 277 g/mol. The Morgan fingerprint density at radius 2 is 1.80 bits per heavy atom. The maximum atomic E-state index is 13.8. The monoisotopic (exact) mass is 277 g/mol. The van der Waals surface area contributed by atoms with Crippen LogP contribution in [0, 0.1) is 18.6 Å². The van der Waals surface area contributed by atoms with Crippen LogP contribution in [0.15, 0.2) is 30.3 Å². The van der Waals surface area contributed by atoms with Crippen LogP contribution in [-0.2, 0) is 0 Å². The summed E-state index contributed by atoms with van der Waals surface area (Å²) in [4.78, 5) is 12.3. The van der Waals surface area contributed by atoms with Gasteiger partial charge >= 0.3 is 0 Å². The lowest BCUT2D eigenvalue weighted by atomic mass is 9.99. The quantitative estimate of drug-likeness (QED) is 0.693. The van der Waals surface area contributed by atoms with E-state index in [2.05, 4.69) is 0 Å². The molecule has 0 bridgehead atoms. The van der Waals surface area contributed by atoms with Crippen molar-refractivity contribution in [2.45, 2.75) is 6.92 Å². The molecule has 0 unspecified atom stereocenters. The summed E-state index contributed by atoms with van der Waals surface area (Å²) in [6, 6.07) is 7.18. The van der Waals surface area contributed by atoms with Crippen LogP contribution in [0.25, 0.3) is 0 Å². The van der Waals surface area contributed by atoms with Gasteiger partial charge in [0.2, 0.25) is 0 Å². The number of rotatable bonds is 3. The number of para-hydroxylation sites is 1. The fourth-order valence-electron chi connectivity index (χ4n) is 1.89. The Morgan fingerprint density at radius 1 is 1.10 bits per heavy atom. The molecular formula is C15H13F2NO2. The molecule has 0 aliphatic heterocycles. The van der Waals surface area contributed by atoms with Gasteiger partial charge in [0.1, 0.15) is 5.75 Å². The molecule has 0 atom stereocenters.